The molecule has 4 rings (SSSR count). The summed E-state index contributed by atoms with van der Waals surface area (Å²) in [5.41, 5.74) is -1.18. The highest BCUT2D eigenvalue weighted by molar-refractivity contribution is 7.71. The smallest absolute Gasteiger partial charge is 0.403 e. The highest BCUT2D eigenvalue weighted by atomic mass is 32.1. The average molecular weight is 579 g/mol. The van der Waals surface area contributed by atoms with Crippen molar-refractivity contribution in [1.82, 2.24) is 9.55 Å². The van der Waals surface area contributed by atoms with Crippen molar-refractivity contribution in [2.45, 2.75) is 83.3 Å². The first kappa shape index (κ1) is 26.2. The number of benzene rings is 1. The number of phosphoric acid groups is 1. The van der Waals surface area contributed by atoms with Crippen LogP contribution < -0.4 is 10.1 Å². The van der Waals surface area contributed by atoms with Gasteiger partial charge < -0.3 is 19.5 Å². The molecule has 2 aliphatic heterocycles. The molecule has 210 valence electrons. The number of nitrogens with zero attached hydrogens (tertiary/aromatic N) is 1. The van der Waals surface area contributed by atoms with E-state index in [1.807, 2.05) is 20.8 Å². The van der Waals surface area contributed by atoms with Crippen LogP contribution in [-0.2, 0) is 35.8 Å². The quantitative estimate of drug-likeness (QED) is 0.359. The van der Waals surface area contributed by atoms with E-state index in [0.717, 1.165) is 16.8 Å². The number of halogens is 2. The Labute approximate surface area is 225 Å². The number of alkyl halides is 1. The number of hydrogen-bond donors (Lipinski definition) is 3. The fourth-order valence-electron chi connectivity index (χ4n) is 4.10. The molecule has 3 heterocycles. The standard InChI is InChI=1S/C24H31F2N2O8PS/c1-22(2,3)13-9-14(23(4,5)6)18-12(16(13)25)10-33-37(32,36-18)34-11-24(26)19(31)17(30)20(35-24)28-8-7-15(29)27-21(28)38/h7-9,17,19-20,30-31H,10-11H2,1-6H3,(H,27,29,38)/t17-,19+,20-,24-,37?/m1/s1/i11D2. The first-order valence-electron chi connectivity index (χ1n) is 12.7. The minimum absolute atomic E-state index is 0.0666. The molecule has 0 aliphatic carbocycles. The fraction of sp³-hybridized carbons (Fsp3) is 0.583. The van der Waals surface area contributed by atoms with Crippen LogP contribution in [0.3, 0.4) is 0 Å². The van der Waals surface area contributed by atoms with E-state index in [2.05, 4.69) is 4.98 Å². The van der Waals surface area contributed by atoms with Crippen LogP contribution in [0.15, 0.2) is 23.1 Å². The minimum Gasteiger partial charge on any atom is -0.403 e. The van der Waals surface area contributed by atoms with E-state index in [9.17, 15) is 19.6 Å². The summed E-state index contributed by atoms with van der Waals surface area (Å²) in [6.45, 7) is 6.44. The van der Waals surface area contributed by atoms with Gasteiger partial charge in [-0.3, -0.25) is 23.4 Å². The summed E-state index contributed by atoms with van der Waals surface area (Å²) < 4.78 is 82.8. The van der Waals surface area contributed by atoms with Crippen molar-refractivity contribution in [3.05, 3.63) is 56.0 Å². The van der Waals surface area contributed by atoms with E-state index in [1.165, 1.54) is 0 Å². The van der Waals surface area contributed by atoms with Gasteiger partial charge in [-0.25, -0.2) is 13.3 Å². The number of ether oxygens (including phenoxy) is 1. The predicted octanol–water partition coefficient (Wildman–Crippen LogP) is 4.29. The molecule has 0 saturated carbocycles. The lowest BCUT2D eigenvalue weighted by molar-refractivity contribution is -0.205. The molecule has 3 N–H and O–H groups in total. The molecule has 0 spiro atoms. The van der Waals surface area contributed by atoms with E-state index < -0.39 is 67.5 Å². The van der Waals surface area contributed by atoms with Crippen LogP contribution in [0.2, 0.25) is 0 Å². The molecule has 1 unspecified atom stereocenters. The highest BCUT2D eigenvalue weighted by Crippen LogP contribution is 2.58. The molecule has 2 aromatic rings. The SMILES string of the molecule is [2H]C([2H])(OP1(=O)OCc2c(F)c(C(C)(C)C)cc(C(C)(C)C)c2O1)[C@@]1(F)O[C@@H](n2ccc(=O)[nH]c2=S)[C@H](O)[C@@H]1O. The van der Waals surface area contributed by atoms with Gasteiger partial charge in [0, 0.05) is 17.8 Å². The molecule has 38 heavy (non-hydrogen) atoms. The van der Waals surface area contributed by atoms with Crippen molar-refractivity contribution in [3.63, 3.8) is 0 Å². The van der Waals surface area contributed by atoms with Gasteiger partial charge in [0.25, 0.3) is 11.4 Å². The maximum absolute atomic E-state index is 16.1. The number of hydrogen-bond acceptors (Lipinski definition) is 9. The Morgan fingerprint density at radius 2 is 1.92 bits per heavy atom. The lowest BCUT2D eigenvalue weighted by Crippen LogP contribution is -2.43. The third kappa shape index (κ3) is 5.25. The average Bonchev–Trinajstić information content (AvgIpc) is 3.02. The zero-order valence-corrected chi connectivity index (χ0v) is 23.3. The van der Waals surface area contributed by atoms with Crippen molar-refractivity contribution in [3.8, 4) is 5.75 Å². The second-order valence-corrected chi connectivity index (χ2v) is 13.1. The monoisotopic (exact) mass is 578 g/mol. The summed E-state index contributed by atoms with van der Waals surface area (Å²) in [5.74, 6) is -4.69. The summed E-state index contributed by atoms with van der Waals surface area (Å²) in [6.07, 6.45) is -5.45. The molecule has 1 fully saturated rings. The molecule has 0 amide bonds. The van der Waals surface area contributed by atoms with Crippen LogP contribution in [0.25, 0.3) is 0 Å². The molecule has 1 aromatic heterocycles. The molecule has 0 radical (unpaired) electrons. The Hall–Kier alpha value is -1.99. The van der Waals surface area contributed by atoms with Crippen LogP contribution in [0.1, 0.15) is 67.2 Å². The lowest BCUT2D eigenvalue weighted by atomic mass is 9.78. The van der Waals surface area contributed by atoms with Crippen LogP contribution in [0.5, 0.6) is 5.75 Å². The molecule has 10 nitrogen and oxygen atoms in total. The number of aromatic nitrogens is 2. The van der Waals surface area contributed by atoms with Crippen LogP contribution in [-0.4, -0.2) is 44.4 Å². The molecule has 2 aliphatic rings. The number of H-pyrrole nitrogens is 1. The third-order valence-corrected chi connectivity index (χ3v) is 7.68. The van der Waals surface area contributed by atoms with Gasteiger partial charge in [0.05, 0.1) is 14.9 Å². The number of phosphoric ester groups is 1. The number of nitrogens with one attached hydrogen (secondary N) is 1. The minimum atomic E-state index is -5.02. The summed E-state index contributed by atoms with van der Waals surface area (Å²) >= 11 is 4.98. The summed E-state index contributed by atoms with van der Waals surface area (Å²) in [5, 5.41) is 21.0. The Morgan fingerprint density at radius 1 is 1.29 bits per heavy atom. The van der Waals surface area contributed by atoms with E-state index in [0.29, 0.717) is 11.1 Å². The van der Waals surface area contributed by atoms with Crippen LogP contribution in [0.4, 0.5) is 8.78 Å². The van der Waals surface area contributed by atoms with Crippen LogP contribution >= 0.6 is 20.0 Å². The van der Waals surface area contributed by atoms with E-state index in [-0.39, 0.29) is 16.1 Å². The molecular weight excluding hydrogens is 545 g/mol. The molecule has 0 bridgehead atoms. The maximum Gasteiger partial charge on any atom is 0.530 e. The number of fused-ring (bicyclic) bond motifs is 1. The Kier molecular flexibility index (Phi) is 6.62. The third-order valence-electron chi connectivity index (χ3n) is 6.21. The molecule has 1 saturated heterocycles. The molecule has 14 heteroatoms. The number of aromatic amines is 1. The number of aliphatic hydroxyl groups is 2. The van der Waals surface area contributed by atoms with Gasteiger partial charge in [-0.2, -0.15) is 0 Å². The summed E-state index contributed by atoms with van der Waals surface area (Å²) in [6, 6.07) is 2.55. The Balaban J connectivity index is 1.70. The van der Waals surface area contributed by atoms with Gasteiger partial charge in [-0.1, -0.05) is 41.5 Å². The highest BCUT2D eigenvalue weighted by Gasteiger charge is 2.57. The van der Waals surface area contributed by atoms with Crippen molar-refractivity contribution in [2.24, 2.45) is 0 Å². The van der Waals surface area contributed by atoms with Gasteiger partial charge in [0.2, 0.25) is 0 Å². The lowest BCUT2D eigenvalue weighted by Gasteiger charge is -2.34. The van der Waals surface area contributed by atoms with Crippen molar-refractivity contribution < 1.29 is 44.6 Å². The second-order valence-electron chi connectivity index (χ2n) is 11.2. The Bertz CT molecular complexity index is 1510. The van der Waals surface area contributed by atoms with E-state index in [4.69, 9.17) is 33.3 Å². The molecular formula is C24H31F2N2O8PS. The zero-order chi connectivity index (χ0) is 30.2. The van der Waals surface area contributed by atoms with Gasteiger partial charge >= 0.3 is 7.82 Å². The van der Waals surface area contributed by atoms with Crippen molar-refractivity contribution >= 4 is 20.0 Å². The number of rotatable bonds is 4. The largest absolute Gasteiger partial charge is 0.530 e. The second kappa shape index (κ2) is 9.58. The first-order valence-corrected chi connectivity index (χ1v) is 13.5. The van der Waals surface area contributed by atoms with Gasteiger partial charge in [0.15, 0.2) is 11.0 Å². The zero-order valence-electron chi connectivity index (χ0n) is 23.6. The summed E-state index contributed by atoms with van der Waals surface area (Å²) in [4.78, 5) is 13.7. The van der Waals surface area contributed by atoms with E-state index in [1.54, 1.807) is 26.8 Å². The Morgan fingerprint density at radius 3 is 2.50 bits per heavy atom. The topological polar surface area (TPSA) is 132 Å². The van der Waals surface area contributed by atoms with Crippen molar-refractivity contribution in [1.29, 1.82) is 0 Å². The van der Waals surface area contributed by atoms with Gasteiger partial charge in [0.1, 0.15) is 30.3 Å². The molecule has 5 atom stereocenters. The van der Waals surface area contributed by atoms with Gasteiger partial charge in [-0.05, 0) is 34.7 Å². The fourth-order valence-corrected chi connectivity index (χ4v) is 5.47. The first-order chi connectivity index (χ1) is 18.1. The van der Waals surface area contributed by atoms with Crippen LogP contribution in [0, 0.1) is 10.6 Å². The number of aliphatic hydroxyl groups excluding tert-OH is 2. The van der Waals surface area contributed by atoms with Gasteiger partial charge in [-0.15, -0.1) is 0 Å². The summed E-state index contributed by atoms with van der Waals surface area (Å²) in [7, 11) is -5.02. The molecule has 1 aromatic carbocycles. The normalized spacial score (nSPS) is 30.8. The maximum atomic E-state index is 16.1. The predicted molar refractivity (Wildman–Crippen MR) is 135 cm³/mol. The van der Waals surface area contributed by atoms with Crippen molar-refractivity contribution in [2.75, 3.05) is 6.56 Å². The van der Waals surface area contributed by atoms with E-state index >= 15 is 8.78 Å².